The van der Waals surface area contributed by atoms with Gasteiger partial charge in [-0.3, -0.25) is 4.79 Å². The van der Waals surface area contributed by atoms with Gasteiger partial charge in [0, 0.05) is 9.61 Å². The molecule has 4 heteroatoms. The van der Waals surface area contributed by atoms with E-state index < -0.39 is 0 Å². The van der Waals surface area contributed by atoms with Gasteiger partial charge in [-0.15, -0.1) is 0 Å². The number of nitrogens with zero attached hydrogens (tertiary/aromatic N) is 1. The van der Waals surface area contributed by atoms with Gasteiger partial charge < -0.3 is 10.2 Å². The van der Waals surface area contributed by atoms with Crippen LogP contribution in [-0.2, 0) is 0 Å². The second kappa shape index (κ2) is 9.34. The molecular weight excluding hydrogens is 363 g/mol. The third-order valence-corrected chi connectivity index (χ3v) is 4.44. The first-order valence-electron chi connectivity index (χ1n) is 7.36. The number of carbonyl (C=O) groups is 1. The fourth-order valence-electron chi connectivity index (χ4n) is 2.18. The Balaban J connectivity index is 2.37. The van der Waals surface area contributed by atoms with E-state index in [4.69, 9.17) is 0 Å². The maximum atomic E-state index is 12.2. The molecule has 0 aliphatic carbocycles. The number of halogens is 1. The molecule has 0 heterocycles. The standard InChI is InChI=1S/C16H25IN2O/c1-4-19(5-2)12-8-9-13(3)18-16(20)14-10-6-7-11-15(14)17/h6-7,10-11,13H,4-5,8-9,12H2,1-3H3,(H,18,20). The van der Waals surface area contributed by atoms with Crippen LogP contribution in [0.15, 0.2) is 24.3 Å². The number of nitrogens with one attached hydrogen (secondary N) is 1. The summed E-state index contributed by atoms with van der Waals surface area (Å²) >= 11 is 2.20. The van der Waals surface area contributed by atoms with Crippen LogP contribution in [0.3, 0.4) is 0 Å². The lowest BCUT2D eigenvalue weighted by Crippen LogP contribution is -2.34. The van der Waals surface area contributed by atoms with Crippen LogP contribution < -0.4 is 5.32 Å². The first-order valence-corrected chi connectivity index (χ1v) is 8.44. The van der Waals surface area contributed by atoms with Gasteiger partial charge in [-0.05, 0) is 74.1 Å². The van der Waals surface area contributed by atoms with Crippen molar-refractivity contribution in [3.63, 3.8) is 0 Å². The SMILES string of the molecule is CCN(CC)CCCC(C)NC(=O)c1ccccc1I. The summed E-state index contributed by atoms with van der Waals surface area (Å²) in [6.07, 6.45) is 2.14. The van der Waals surface area contributed by atoms with E-state index in [2.05, 4.69) is 53.6 Å². The number of hydrogen-bond donors (Lipinski definition) is 1. The predicted octanol–water partition coefficient (Wildman–Crippen LogP) is 3.53. The number of rotatable bonds is 8. The van der Waals surface area contributed by atoms with Crippen molar-refractivity contribution in [2.24, 2.45) is 0 Å². The normalized spacial score (nSPS) is 12.4. The Morgan fingerprint density at radius 3 is 2.55 bits per heavy atom. The van der Waals surface area contributed by atoms with Crippen molar-refractivity contribution < 1.29 is 4.79 Å². The van der Waals surface area contributed by atoms with Gasteiger partial charge in [0.25, 0.3) is 5.91 Å². The maximum absolute atomic E-state index is 12.2. The van der Waals surface area contributed by atoms with Crippen LogP contribution in [0.4, 0.5) is 0 Å². The van der Waals surface area contributed by atoms with Gasteiger partial charge in [0.15, 0.2) is 0 Å². The summed E-state index contributed by atoms with van der Waals surface area (Å²) in [5, 5.41) is 3.08. The molecule has 1 aromatic carbocycles. The second-order valence-corrected chi connectivity index (χ2v) is 6.19. The molecule has 0 radical (unpaired) electrons. The number of hydrogen-bond acceptors (Lipinski definition) is 2. The van der Waals surface area contributed by atoms with Crippen molar-refractivity contribution in [2.45, 2.75) is 39.7 Å². The molecule has 0 aromatic heterocycles. The zero-order chi connectivity index (χ0) is 15.0. The number of benzene rings is 1. The van der Waals surface area contributed by atoms with Crippen LogP contribution in [0.1, 0.15) is 44.0 Å². The first kappa shape index (κ1) is 17.4. The smallest absolute Gasteiger partial charge is 0.252 e. The summed E-state index contributed by atoms with van der Waals surface area (Å²) < 4.78 is 0.998. The Morgan fingerprint density at radius 1 is 1.30 bits per heavy atom. The molecule has 0 bridgehead atoms. The molecule has 0 spiro atoms. The highest BCUT2D eigenvalue weighted by atomic mass is 127. The predicted molar refractivity (Wildman–Crippen MR) is 93.1 cm³/mol. The molecule has 20 heavy (non-hydrogen) atoms. The van der Waals surface area contributed by atoms with E-state index in [1.54, 1.807) is 0 Å². The van der Waals surface area contributed by atoms with Crippen LogP contribution in [0.5, 0.6) is 0 Å². The van der Waals surface area contributed by atoms with Gasteiger partial charge in [0.1, 0.15) is 0 Å². The molecular formula is C16H25IN2O. The van der Waals surface area contributed by atoms with Gasteiger partial charge in [-0.25, -0.2) is 0 Å². The summed E-state index contributed by atoms with van der Waals surface area (Å²) in [6, 6.07) is 7.91. The van der Waals surface area contributed by atoms with E-state index in [9.17, 15) is 4.79 Å². The Kier molecular flexibility index (Phi) is 8.14. The Labute approximate surface area is 136 Å². The molecule has 1 aromatic rings. The fraction of sp³-hybridized carbons (Fsp3) is 0.562. The summed E-state index contributed by atoms with van der Waals surface area (Å²) in [6.45, 7) is 9.75. The van der Waals surface area contributed by atoms with Crippen LogP contribution >= 0.6 is 22.6 Å². The minimum absolute atomic E-state index is 0.0327. The monoisotopic (exact) mass is 388 g/mol. The number of carbonyl (C=O) groups excluding carboxylic acids is 1. The molecule has 0 saturated heterocycles. The minimum atomic E-state index is 0.0327. The summed E-state index contributed by atoms with van der Waals surface area (Å²) in [5.74, 6) is 0.0327. The lowest BCUT2D eigenvalue weighted by Gasteiger charge is -2.20. The van der Waals surface area contributed by atoms with Crippen molar-refractivity contribution in [1.82, 2.24) is 10.2 Å². The highest BCUT2D eigenvalue weighted by molar-refractivity contribution is 14.1. The van der Waals surface area contributed by atoms with Crippen LogP contribution in [0, 0.1) is 3.57 Å². The third kappa shape index (κ3) is 5.79. The zero-order valence-electron chi connectivity index (χ0n) is 12.7. The van der Waals surface area contributed by atoms with E-state index in [1.165, 1.54) is 0 Å². The van der Waals surface area contributed by atoms with E-state index in [0.29, 0.717) is 0 Å². The highest BCUT2D eigenvalue weighted by Crippen LogP contribution is 2.11. The van der Waals surface area contributed by atoms with Crippen LogP contribution in [0.2, 0.25) is 0 Å². The molecule has 1 unspecified atom stereocenters. The van der Waals surface area contributed by atoms with Crippen molar-refractivity contribution in [3.8, 4) is 0 Å². The summed E-state index contributed by atoms with van der Waals surface area (Å²) in [4.78, 5) is 14.6. The largest absolute Gasteiger partial charge is 0.350 e. The van der Waals surface area contributed by atoms with Gasteiger partial charge in [-0.2, -0.15) is 0 Å². The van der Waals surface area contributed by atoms with E-state index in [0.717, 1.165) is 41.6 Å². The van der Waals surface area contributed by atoms with Gasteiger partial charge in [0.05, 0.1) is 5.56 Å². The van der Waals surface area contributed by atoms with Gasteiger partial charge in [-0.1, -0.05) is 26.0 Å². The molecule has 0 fully saturated rings. The van der Waals surface area contributed by atoms with Crippen molar-refractivity contribution in [1.29, 1.82) is 0 Å². The van der Waals surface area contributed by atoms with E-state index >= 15 is 0 Å². The molecule has 0 saturated carbocycles. The lowest BCUT2D eigenvalue weighted by atomic mass is 10.1. The molecule has 112 valence electrons. The quantitative estimate of drug-likeness (QED) is 0.691. The van der Waals surface area contributed by atoms with Crippen molar-refractivity contribution in [3.05, 3.63) is 33.4 Å². The molecule has 0 aliphatic heterocycles. The van der Waals surface area contributed by atoms with E-state index in [-0.39, 0.29) is 11.9 Å². The maximum Gasteiger partial charge on any atom is 0.252 e. The van der Waals surface area contributed by atoms with Crippen molar-refractivity contribution in [2.75, 3.05) is 19.6 Å². The van der Waals surface area contributed by atoms with Crippen molar-refractivity contribution >= 4 is 28.5 Å². The highest BCUT2D eigenvalue weighted by Gasteiger charge is 2.12. The van der Waals surface area contributed by atoms with Gasteiger partial charge in [0.2, 0.25) is 0 Å². The Morgan fingerprint density at radius 2 is 1.95 bits per heavy atom. The van der Waals surface area contributed by atoms with Gasteiger partial charge >= 0.3 is 0 Å². The molecule has 1 rings (SSSR count). The zero-order valence-corrected chi connectivity index (χ0v) is 14.8. The summed E-state index contributed by atoms with van der Waals surface area (Å²) in [5.41, 5.74) is 0.767. The second-order valence-electron chi connectivity index (χ2n) is 5.02. The summed E-state index contributed by atoms with van der Waals surface area (Å²) in [7, 11) is 0. The van der Waals surface area contributed by atoms with E-state index in [1.807, 2.05) is 24.3 Å². The van der Waals surface area contributed by atoms with Crippen LogP contribution in [-0.4, -0.2) is 36.5 Å². The Bertz CT molecular complexity index is 419. The average Bonchev–Trinajstić information content (AvgIpc) is 2.44. The molecule has 1 atom stereocenters. The molecule has 1 amide bonds. The Hall–Kier alpha value is -0.620. The average molecular weight is 388 g/mol. The molecule has 0 aliphatic rings. The fourth-order valence-corrected chi connectivity index (χ4v) is 2.81. The first-order chi connectivity index (χ1) is 9.58. The molecule has 3 nitrogen and oxygen atoms in total. The van der Waals surface area contributed by atoms with Crippen LogP contribution in [0.25, 0.3) is 0 Å². The number of amides is 1. The minimum Gasteiger partial charge on any atom is -0.350 e. The lowest BCUT2D eigenvalue weighted by molar-refractivity contribution is 0.0936. The third-order valence-electron chi connectivity index (χ3n) is 3.50. The topological polar surface area (TPSA) is 32.3 Å². The molecule has 1 N–H and O–H groups in total.